The topological polar surface area (TPSA) is 87.9 Å². The second-order valence-electron chi connectivity index (χ2n) is 8.71. The molecule has 222 valence electrons. The van der Waals surface area contributed by atoms with Crippen molar-refractivity contribution in [2.24, 2.45) is 10.3 Å². The summed E-state index contributed by atoms with van der Waals surface area (Å²) < 4.78 is 54.6. The molecule has 0 aliphatic rings. The minimum absolute atomic E-state index is 0.0312. The molecular formula is C31H31F3N2O6. The molecule has 0 saturated heterocycles. The largest absolute Gasteiger partial charge is 0.503 e. The molecule has 0 aromatic heterocycles. The van der Waals surface area contributed by atoms with Gasteiger partial charge in [0.05, 0.1) is 26.0 Å². The number of nitrogens with zero attached hydrogens (tertiary/aromatic N) is 2. The van der Waals surface area contributed by atoms with Crippen molar-refractivity contribution < 1.29 is 41.9 Å². The number of halogens is 3. The Kier molecular flexibility index (Phi) is 11.5. The summed E-state index contributed by atoms with van der Waals surface area (Å²) >= 11 is 0. The summed E-state index contributed by atoms with van der Waals surface area (Å²) in [6, 6.07) is 18.9. The van der Waals surface area contributed by atoms with Crippen LogP contribution in [-0.4, -0.2) is 38.7 Å². The van der Waals surface area contributed by atoms with E-state index in [2.05, 4.69) is 10.3 Å². The number of alkyl halides is 3. The van der Waals surface area contributed by atoms with Gasteiger partial charge in [0.1, 0.15) is 43.1 Å². The summed E-state index contributed by atoms with van der Waals surface area (Å²) in [6.45, 7) is 1.89. The number of oxime groups is 2. The first-order chi connectivity index (χ1) is 20.2. The highest BCUT2D eigenvalue weighted by Crippen LogP contribution is 2.30. The Labute approximate surface area is 242 Å². The lowest BCUT2D eigenvalue weighted by molar-refractivity contribution is -0.137. The standard InChI is InChI=1S/C31H31F3N2O6/c1-5-28(35-42-19-23-10-6-7-12-26(23)27(20-38-2)30(37)39-3)29(36-40-4)22-13-15-25(16-14-22)41-18-21-9-8-11-24(17-21)31(32,33)34/h6-17,20H,5,18-19H2,1-4H3. The number of benzene rings is 3. The van der Waals surface area contributed by atoms with Gasteiger partial charge >= 0.3 is 12.1 Å². The van der Waals surface area contributed by atoms with Gasteiger partial charge in [-0.3, -0.25) is 0 Å². The Balaban J connectivity index is 1.74. The number of rotatable bonds is 13. The minimum atomic E-state index is -4.42. The molecular weight excluding hydrogens is 553 g/mol. The van der Waals surface area contributed by atoms with Crippen LogP contribution < -0.4 is 4.74 Å². The Morgan fingerprint density at radius 1 is 0.905 bits per heavy atom. The number of hydrogen-bond donors (Lipinski definition) is 0. The summed E-state index contributed by atoms with van der Waals surface area (Å²) in [5.41, 5.74) is 2.72. The molecule has 42 heavy (non-hydrogen) atoms. The van der Waals surface area contributed by atoms with Crippen LogP contribution >= 0.6 is 0 Å². The van der Waals surface area contributed by atoms with Crippen molar-refractivity contribution in [3.63, 3.8) is 0 Å². The van der Waals surface area contributed by atoms with Crippen molar-refractivity contribution in [3.05, 3.63) is 107 Å². The maximum absolute atomic E-state index is 13.0. The molecule has 0 saturated carbocycles. The highest BCUT2D eigenvalue weighted by atomic mass is 19.4. The van der Waals surface area contributed by atoms with Gasteiger partial charge < -0.3 is 23.9 Å². The minimum Gasteiger partial charge on any atom is -0.503 e. The van der Waals surface area contributed by atoms with Crippen LogP contribution in [0, 0.1) is 0 Å². The van der Waals surface area contributed by atoms with E-state index in [1.54, 1.807) is 48.5 Å². The van der Waals surface area contributed by atoms with Crippen LogP contribution in [-0.2, 0) is 43.3 Å². The number of esters is 1. The van der Waals surface area contributed by atoms with E-state index >= 15 is 0 Å². The van der Waals surface area contributed by atoms with Gasteiger partial charge in [-0.1, -0.05) is 53.6 Å². The maximum atomic E-state index is 13.0. The summed E-state index contributed by atoms with van der Waals surface area (Å²) in [7, 11) is 4.13. The van der Waals surface area contributed by atoms with Gasteiger partial charge in [-0.2, -0.15) is 13.2 Å². The van der Waals surface area contributed by atoms with Gasteiger partial charge in [0.25, 0.3) is 0 Å². The van der Waals surface area contributed by atoms with Crippen molar-refractivity contribution in [2.75, 3.05) is 21.3 Å². The molecule has 0 unspecified atom stereocenters. The Hall–Kier alpha value is -4.80. The molecule has 0 fully saturated rings. The second-order valence-corrected chi connectivity index (χ2v) is 8.71. The molecule has 0 aliphatic heterocycles. The van der Waals surface area contributed by atoms with E-state index in [9.17, 15) is 18.0 Å². The lowest BCUT2D eigenvalue weighted by Gasteiger charge is -2.12. The normalized spacial score (nSPS) is 12.5. The number of methoxy groups -OCH3 is 2. The molecule has 0 N–H and O–H groups in total. The third-order valence-electron chi connectivity index (χ3n) is 5.92. The summed E-state index contributed by atoms with van der Waals surface area (Å²) in [6.07, 6.45) is -2.66. The van der Waals surface area contributed by atoms with Gasteiger partial charge in [-0.15, -0.1) is 0 Å². The molecule has 0 heterocycles. The monoisotopic (exact) mass is 584 g/mol. The second kappa shape index (κ2) is 15.3. The lowest BCUT2D eigenvalue weighted by atomic mass is 10.0. The van der Waals surface area contributed by atoms with Crippen molar-refractivity contribution >= 4 is 23.0 Å². The summed E-state index contributed by atoms with van der Waals surface area (Å²) in [5.74, 6) is -0.0971. The predicted octanol–water partition coefficient (Wildman–Crippen LogP) is 6.78. The van der Waals surface area contributed by atoms with Crippen molar-refractivity contribution in [1.82, 2.24) is 0 Å². The molecule has 0 spiro atoms. The first-order valence-electron chi connectivity index (χ1n) is 12.8. The van der Waals surface area contributed by atoms with Crippen molar-refractivity contribution in [3.8, 4) is 5.75 Å². The first kappa shape index (κ1) is 31.7. The molecule has 0 amide bonds. The predicted molar refractivity (Wildman–Crippen MR) is 152 cm³/mol. The van der Waals surface area contributed by atoms with Crippen LogP contribution in [0.5, 0.6) is 5.75 Å². The Morgan fingerprint density at radius 2 is 1.64 bits per heavy atom. The van der Waals surface area contributed by atoms with E-state index in [0.29, 0.717) is 45.8 Å². The average Bonchev–Trinajstić information content (AvgIpc) is 3.00. The summed E-state index contributed by atoms with van der Waals surface area (Å²) in [5, 5.41) is 8.41. The maximum Gasteiger partial charge on any atom is 0.416 e. The Morgan fingerprint density at radius 3 is 2.29 bits per heavy atom. The van der Waals surface area contributed by atoms with E-state index < -0.39 is 17.7 Å². The summed E-state index contributed by atoms with van der Waals surface area (Å²) in [4.78, 5) is 23.0. The quantitative estimate of drug-likeness (QED) is 0.0724. The molecule has 3 rings (SSSR count). The lowest BCUT2D eigenvalue weighted by Crippen LogP contribution is -2.16. The number of ether oxygens (including phenoxy) is 3. The average molecular weight is 585 g/mol. The fraction of sp³-hybridized carbons (Fsp3) is 0.258. The fourth-order valence-electron chi connectivity index (χ4n) is 3.89. The van der Waals surface area contributed by atoms with E-state index in [1.165, 1.54) is 33.7 Å². The molecule has 0 atom stereocenters. The van der Waals surface area contributed by atoms with Gasteiger partial charge in [-0.25, -0.2) is 4.79 Å². The van der Waals surface area contributed by atoms with Crippen LogP contribution in [0.15, 0.2) is 89.4 Å². The van der Waals surface area contributed by atoms with E-state index in [4.69, 9.17) is 23.9 Å². The SMILES string of the molecule is CCC(=NOCc1ccccc1C(=COC)C(=O)OC)C(=NOC)c1ccc(OCc2cccc(C(F)(F)F)c2)cc1. The van der Waals surface area contributed by atoms with Gasteiger partial charge in [0.2, 0.25) is 0 Å². The van der Waals surface area contributed by atoms with Crippen LogP contribution in [0.2, 0.25) is 0 Å². The van der Waals surface area contributed by atoms with Gasteiger partial charge in [0, 0.05) is 11.1 Å². The van der Waals surface area contributed by atoms with E-state index in [1.807, 2.05) is 13.0 Å². The van der Waals surface area contributed by atoms with Crippen LogP contribution in [0.4, 0.5) is 13.2 Å². The zero-order valence-corrected chi connectivity index (χ0v) is 23.6. The first-order valence-corrected chi connectivity index (χ1v) is 12.8. The van der Waals surface area contributed by atoms with Gasteiger partial charge in [-0.05, 0) is 53.9 Å². The zero-order chi connectivity index (χ0) is 30.5. The van der Waals surface area contributed by atoms with Crippen molar-refractivity contribution in [1.29, 1.82) is 0 Å². The fourth-order valence-corrected chi connectivity index (χ4v) is 3.89. The number of carbonyl (C=O) groups is 1. The zero-order valence-electron chi connectivity index (χ0n) is 23.6. The van der Waals surface area contributed by atoms with Crippen LogP contribution in [0.25, 0.3) is 5.57 Å². The molecule has 11 heteroatoms. The molecule has 0 radical (unpaired) electrons. The Bertz CT molecular complexity index is 1430. The molecule has 0 bridgehead atoms. The number of hydrogen-bond acceptors (Lipinski definition) is 8. The van der Waals surface area contributed by atoms with Gasteiger partial charge in [0.15, 0.2) is 0 Å². The van der Waals surface area contributed by atoms with E-state index in [0.717, 1.165) is 12.1 Å². The van der Waals surface area contributed by atoms with E-state index in [-0.39, 0.29) is 18.8 Å². The third-order valence-corrected chi connectivity index (χ3v) is 5.92. The van der Waals surface area contributed by atoms with Crippen molar-refractivity contribution in [2.45, 2.75) is 32.7 Å². The third kappa shape index (κ3) is 8.60. The van der Waals surface area contributed by atoms with Crippen LogP contribution in [0.1, 0.15) is 41.2 Å². The molecule has 0 aliphatic carbocycles. The smallest absolute Gasteiger partial charge is 0.416 e. The highest BCUT2D eigenvalue weighted by molar-refractivity contribution is 6.48. The molecule has 3 aromatic carbocycles. The van der Waals surface area contributed by atoms with Crippen LogP contribution in [0.3, 0.4) is 0 Å². The molecule has 8 nitrogen and oxygen atoms in total. The molecule has 3 aromatic rings. The highest BCUT2D eigenvalue weighted by Gasteiger charge is 2.30. The number of carbonyl (C=O) groups excluding carboxylic acids is 1.